The molecule has 0 N–H and O–H groups in total. The number of esters is 1. The summed E-state index contributed by atoms with van der Waals surface area (Å²) in [5.74, 6) is 0.875. The zero-order chi connectivity index (χ0) is 11.1. The third kappa shape index (κ3) is 4.88. The van der Waals surface area contributed by atoms with Crippen molar-refractivity contribution >= 4 is 17.7 Å². The molecular formula is C12H16O2S. The number of rotatable bonds is 5. The highest BCUT2D eigenvalue weighted by Crippen LogP contribution is 2.17. The molecule has 0 aromatic heterocycles. The van der Waals surface area contributed by atoms with Gasteiger partial charge in [-0.2, -0.15) is 0 Å². The number of benzene rings is 1. The van der Waals surface area contributed by atoms with E-state index in [1.807, 2.05) is 11.8 Å². The van der Waals surface area contributed by atoms with Gasteiger partial charge in [-0.3, -0.25) is 4.79 Å². The molecule has 0 saturated carbocycles. The Morgan fingerprint density at radius 1 is 1.33 bits per heavy atom. The Bertz CT molecular complexity index is 306. The normalized spacial score (nSPS) is 10.0. The van der Waals surface area contributed by atoms with E-state index in [2.05, 4.69) is 31.2 Å². The Morgan fingerprint density at radius 3 is 2.53 bits per heavy atom. The van der Waals surface area contributed by atoms with E-state index in [1.54, 1.807) is 0 Å². The molecule has 0 heterocycles. The molecule has 0 aliphatic heterocycles. The van der Waals surface area contributed by atoms with Gasteiger partial charge in [-0.05, 0) is 23.4 Å². The minimum absolute atomic E-state index is 0.215. The van der Waals surface area contributed by atoms with Crippen LogP contribution in [0.1, 0.15) is 19.4 Å². The molecule has 0 aliphatic rings. The van der Waals surface area contributed by atoms with Crippen molar-refractivity contribution in [3.8, 4) is 0 Å². The minimum Gasteiger partial charge on any atom is -0.466 e. The van der Waals surface area contributed by atoms with Crippen molar-refractivity contribution in [2.75, 3.05) is 12.4 Å². The van der Waals surface area contributed by atoms with Gasteiger partial charge in [0.25, 0.3) is 0 Å². The minimum atomic E-state index is -0.215. The summed E-state index contributed by atoms with van der Waals surface area (Å²) in [6.45, 7) is 4.04. The van der Waals surface area contributed by atoms with E-state index in [9.17, 15) is 4.79 Å². The van der Waals surface area contributed by atoms with Crippen LogP contribution in [0.2, 0.25) is 0 Å². The summed E-state index contributed by atoms with van der Waals surface area (Å²) in [6, 6.07) is 8.39. The van der Waals surface area contributed by atoms with Gasteiger partial charge in [-0.1, -0.05) is 19.1 Å². The van der Waals surface area contributed by atoms with Crippen LogP contribution in [0.3, 0.4) is 0 Å². The van der Waals surface area contributed by atoms with Crippen LogP contribution in [0.25, 0.3) is 0 Å². The summed E-state index contributed by atoms with van der Waals surface area (Å²) in [5, 5.41) is 0. The quantitative estimate of drug-likeness (QED) is 0.568. The number of carbonyl (C=O) groups is 1. The predicted octanol–water partition coefficient (Wildman–Crippen LogP) is 2.90. The molecule has 0 unspecified atom stereocenters. The number of ether oxygens (including phenoxy) is 1. The summed E-state index contributed by atoms with van der Waals surface area (Å²) >= 11 is 1.83. The summed E-state index contributed by atoms with van der Waals surface area (Å²) in [6.07, 6.45) is 0.788. The molecular weight excluding hydrogens is 208 g/mol. The first-order valence-corrected chi connectivity index (χ1v) is 6.06. The molecule has 0 atom stereocenters. The van der Waals surface area contributed by atoms with Crippen LogP contribution in [0, 0.1) is 0 Å². The van der Waals surface area contributed by atoms with Gasteiger partial charge in [0, 0.05) is 18.2 Å². The molecule has 0 spiro atoms. The molecule has 3 heteroatoms. The molecule has 0 aliphatic carbocycles. The predicted molar refractivity (Wildman–Crippen MR) is 63.2 cm³/mol. The molecule has 0 radical (unpaired) electrons. The summed E-state index contributed by atoms with van der Waals surface area (Å²) in [4.78, 5) is 11.8. The highest BCUT2D eigenvalue weighted by molar-refractivity contribution is 7.99. The van der Waals surface area contributed by atoms with Gasteiger partial charge in [0.2, 0.25) is 0 Å². The molecule has 82 valence electrons. The smallest absolute Gasteiger partial charge is 0.302 e. The molecule has 1 aromatic rings. The maximum Gasteiger partial charge on any atom is 0.302 e. The van der Waals surface area contributed by atoms with Gasteiger partial charge in [-0.25, -0.2) is 0 Å². The fraction of sp³-hybridized carbons (Fsp3) is 0.417. The number of hydrogen-bond acceptors (Lipinski definition) is 3. The van der Waals surface area contributed by atoms with Crippen molar-refractivity contribution in [3.63, 3.8) is 0 Å². The monoisotopic (exact) mass is 224 g/mol. The topological polar surface area (TPSA) is 26.3 Å². The van der Waals surface area contributed by atoms with Crippen LogP contribution in [-0.4, -0.2) is 18.3 Å². The Kier molecular flexibility index (Phi) is 5.26. The Labute approximate surface area is 95.0 Å². The molecule has 0 bridgehead atoms. The summed E-state index contributed by atoms with van der Waals surface area (Å²) in [7, 11) is 0. The van der Waals surface area contributed by atoms with E-state index in [4.69, 9.17) is 4.74 Å². The second-order valence-electron chi connectivity index (χ2n) is 3.17. The van der Waals surface area contributed by atoms with Crippen LogP contribution in [0.4, 0.5) is 0 Å². The van der Waals surface area contributed by atoms with E-state index in [-0.39, 0.29) is 5.97 Å². The third-order valence-electron chi connectivity index (χ3n) is 1.93. The lowest BCUT2D eigenvalue weighted by Crippen LogP contribution is -2.03. The van der Waals surface area contributed by atoms with Crippen LogP contribution < -0.4 is 0 Å². The van der Waals surface area contributed by atoms with Gasteiger partial charge in [0.1, 0.15) is 0 Å². The van der Waals surface area contributed by atoms with E-state index < -0.39 is 0 Å². The fourth-order valence-electron chi connectivity index (χ4n) is 1.23. The molecule has 0 amide bonds. The highest BCUT2D eigenvalue weighted by atomic mass is 32.2. The first kappa shape index (κ1) is 12.1. The van der Waals surface area contributed by atoms with Crippen LogP contribution in [-0.2, 0) is 16.0 Å². The van der Waals surface area contributed by atoms with E-state index in [0.717, 1.165) is 12.2 Å². The Morgan fingerprint density at radius 2 is 2.00 bits per heavy atom. The second-order valence-corrected chi connectivity index (χ2v) is 4.50. The Hall–Kier alpha value is -0.960. The van der Waals surface area contributed by atoms with Crippen molar-refractivity contribution < 1.29 is 9.53 Å². The van der Waals surface area contributed by atoms with Gasteiger partial charge in [0.15, 0.2) is 0 Å². The van der Waals surface area contributed by atoms with Crippen LogP contribution >= 0.6 is 11.8 Å². The van der Waals surface area contributed by atoms with Crippen LogP contribution in [0.5, 0.6) is 0 Å². The standard InChI is InChI=1S/C12H16O2S/c1-3-15-12-6-4-11(5-7-12)8-9-14-10(2)13/h4-7H,3,8-9H2,1-2H3. The number of thioether (sulfide) groups is 1. The second kappa shape index (κ2) is 6.51. The Balaban J connectivity index is 2.39. The average molecular weight is 224 g/mol. The molecule has 15 heavy (non-hydrogen) atoms. The van der Waals surface area contributed by atoms with Crippen molar-refractivity contribution in [1.82, 2.24) is 0 Å². The zero-order valence-electron chi connectivity index (χ0n) is 9.16. The lowest BCUT2D eigenvalue weighted by atomic mass is 10.2. The first-order valence-electron chi connectivity index (χ1n) is 5.07. The molecule has 1 rings (SSSR count). The molecule has 2 nitrogen and oxygen atoms in total. The fourth-order valence-corrected chi connectivity index (χ4v) is 1.89. The summed E-state index contributed by atoms with van der Waals surface area (Å²) in [5.41, 5.74) is 1.21. The van der Waals surface area contributed by atoms with Crippen molar-refractivity contribution in [3.05, 3.63) is 29.8 Å². The number of hydrogen-bond donors (Lipinski definition) is 0. The van der Waals surface area contributed by atoms with E-state index in [1.165, 1.54) is 17.4 Å². The van der Waals surface area contributed by atoms with Gasteiger partial charge in [0.05, 0.1) is 6.61 Å². The van der Waals surface area contributed by atoms with Gasteiger partial charge in [-0.15, -0.1) is 11.8 Å². The van der Waals surface area contributed by atoms with Gasteiger partial charge >= 0.3 is 5.97 Å². The summed E-state index contributed by atoms with van der Waals surface area (Å²) < 4.78 is 4.88. The maximum atomic E-state index is 10.5. The number of carbonyl (C=O) groups excluding carboxylic acids is 1. The lowest BCUT2D eigenvalue weighted by molar-refractivity contribution is -0.140. The van der Waals surface area contributed by atoms with E-state index >= 15 is 0 Å². The SMILES string of the molecule is CCSc1ccc(CCOC(C)=O)cc1. The average Bonchev–Trinajstić information content (AvgIpc) is 2.20. The third-order valence-corrected chi connectivity index (χ3v) is 2.82. The maximum absolute atomic E-state index is 10.5. The zero-order valence-corrected chi connectivity index (χ0v) is 9.97. The highest BCUT2D eigenvalue weighted by Gasteiger charge is 1.96. The van der Waals surface area contributed by atoms with Crippen molar-refractivity contribution in [2.24, 2.45) is 0 Å². The van der Waals surface area contributed by atoms with E-state index in [0.29, 0.717) is 6.61 Å². The molecule has 0 fully saturated rings. The largest absolute Gasteiger partial charge is 0.466 e. The van der Waals surface area contributed by atoms with Crippen molar-refractivity contribution in [2.45, 2.75) is 25.2 Å². The lowest BCUT2D eigenvalue weighted by Gasteiger charge is -2.03. The molecule has 0 saturated heterocycles. The van der Waals surface area contributed by atoms with Crippen LogP contribution in [0.15, 0.2) is 29.2 Å². The molecule has 1 aromatic carbocycles. The first-order chi connectivity index (χ1) is 7.22. The van der Waals surface area contributed by atoms with Crippen molar-refractivity contribution in [1.29, 1.82) is 0 Å². The van der Waals surface area contributed by atoms with Gasteiger partial charge < -0.3 is 4.74 Å².